The molecule has 0 spiro atoms. The van der Waals surface area contributed by atoms with Gasteiger partial charge >= 0.3 is 6.16 Å². The Hall–Kier alpha value is -2.24. The number of benzene rings is 2. The van der Waals surface area contributed by atoms with E-state index in [-0.39, 0.29) is 17.6 Å². The monoisotopic (exact) mass is 461 g/mol. The van der Waals surface area contributed by atoms with Gasteiger partial charge in [-0.3, -0.25) is 4.79 Å². The number of amides is 1. The molecule has 5 nitrogen and oxygen atoms in total. The van der Waals surface area contributed by atoms with Gasteiger partial charge in [0.25, 0.3) is 0 Å². The Labute approximate surface area is 191 Å². The SMILES string of the molecule is O=C(O)Oc1ccc(-c2cc(Cl)c(CN3CCC(C4CCCCC4)C3=O)c(Cl)c2)cc1. The number of nitrogens with zero attached hydrogens (tertiary/aromatic N) is 1. The van der Waals surface area contributed by atoms with E-state index < -0.39 is 6.16 Å². The lowest BCUT2D eigenvalue weighted by molar-refractivity contribution is -0.133. The Kier molecular flexibility index (Phi) is 6.73. The van der Waals surface area contributed by atoms with E-state index in [1.807, 2.05) is 17.0 Å². The highest BCUT2D eigenvalue weighted by atomic mass is 35.5. The van der Waals surface area contributed by atoms with Gasteiger partial charge in [0.2, 0.25) is 5.91 Å². The van der Waals surface area contributed by atoms with Crippen LogP contribution in [0.5, 0.6) is 5.75 Å². The second-order valence-electron chi connectivity index (χ2n) is 8.36. The maximum absolute atomic E-state index is 13.0. The van der Waals surface area contributed by atoms with Crippen LogP contribution in [0.2, 0.25) is 10.0 Å². The highest BCUT2D eigenvalue weighted by Gasteiger charge is 2.37. The molecule has 1 N–H and O–H groups in total. The molecular formula is C24H25Cl2NO4. The molecule has 1 saturated carbocycles. The minimum Gasteiger partial charge on any atom is -0.449 e. The highest BCUT2D eigenvalue weighted by Crippen LogP contribution is 2.38. The third-order valence-corrected chi connectivity index (χ3v) is 7.12. The van der Waals surface area contributed by atoms with Gasteiger partial charge in [-0.05, 0) is 60.6 Å². The van der Waals surface area contributed by atoms with Gasteiger partial charge in [-0.2, -0.15) is 0 Å². The third-order valence-electron chi connectivity index (χ3n) is 6.44. The quantitative estimate of drug-likeness (QED) is 0.399. The maximum atomic E-state index is 13.0. The van der Waals surface area contributed by atoms with Crippen LogP contribution in [0.4, 0.5) is 4.79 Å². The van der Waals surface area contributed by atoms with Crippen LogP contribution in [0.25, 0.3) is 11.1 Å². The topological polar surface area (TPSA) is 66.8 Å². The summed E-state index contributed by atoms with van der Waals surface area (Å²) in [5, 5.41) is 9.73. The molecule has 1 amide bonds. The third kappa shape index (κ3) is 4.99. The van der Waals surface area contributed by atoms with Crippen LogP contribution in [-0.4, -0.2) is 28.6 Å². The predicted molar refractivity (Wildman–Crippen MR) is 121 cm³/mol. The molecule has 0 aromatic heterocycles. The zero-order valence-electron chi connectivity index (χ0n) is 17.2. The molecule has 1 saturated heterocycles. The molecule has 1 aliphatic carbocycles. The lowest BCUT2D eigenvalue weighted by Gasteiger charge is -2.26. The fourth-order valence-electron chi connectivity index (χ4n) is 4.82. The number of likely N-dealkylation sites (tertiary alicyclic amines) is 1. The summed E-state index contributed by atoms with van der Waals surface area (Å²) >= 11 is 13.1. The zero-order valence-corrected chi connectivity index (χ0v) is 18.7. The van der Waals surface area contributed by atoms with Crippen molar-refractivity contribution in [3.05, 3.63) is 52.0 Å². The van der Waals surface area contributed by atoms with Gasteiger partial charge in [-0.25, -0.2) is 4.79 Å². The summed E-state index contributed by atoms with van der Waals surface area (Å²) in [5.41, 5.74) is 2.41. The molecule has 7 heteroatoms. The minimum absolute atomic E-state index is 0.142. The molecule has 1 heterocycles. The van der Waals surface area contributed by atoms with E-state index in [9.17, 15) is 9.59 Å². The summed E-state index contributed by atoms with van der Waals surface area (Å²) in [4.78, 5) is 25.5. The van der Waals surface area contributed by atoms with Crippen LogP contribution < -0.4 is 4.74 Å². The summed E-state index contributed by atoms with van der Waals surface area (Å²) in [7, 11) is 0. The fourth-order valence-corrected chi connectivity index (χ4v) is 5.43. The summed E-state index contributed by atoms with van der Waals surface area (Å²) < 4.78 is 4.64. The van der Waals surface area contributed by atoms with Crippen LogP contribution in [0, 0.1) is 11.8 Å². The second kappa shape index (κ2) is 9.49. The summed E-state index contributed by atoms with van der Waals surface area (Å²) in [6, 6.07) is 10.3. The molecule has 1 unspecified atom stereocenters. The molecule has 0 bridgehead atoms. The van der Waals surface area contributed by atoms with Crippen molar-refractivity contribution in [2.75, 3.05) is 6.54 Å². The molecule has 1 atom stereocenters. The van der Waals surface area contributed by atoms with Crippen molar-refractivity contribution in [2.24, 2.45) is 11.8 Å². The number of hydrogen-bond acceptors (Lipinski definition) is 3. The van der Waals surface area contributed by atoms with E-state index in [2.05, 4.69) is 4.74 Å². The summed E-state index contributed by atoms with van der Waals surface area (Å²) in [6.45, 7) is 1.17. The number of halogens is 2. The van der Waals surface area contributed by atoms with Crippen molar-refractivity contribution < 1.29 is 19.4 Å². The molecule has 1 aliphatic heterocycles. The predicted octanol–water partition coefficient (Wildman–Crippen LogP) is 6.65. The lowest BCUT2D eigenvalue weighted by atomic mass is 9.79. The number of hydrogen-bond donors (Lipinski definition) is 1. The first kappa shape index (κ1) is 22.0. The minimum atomic E-state index is -1.36. The first-order chi connectivity index (χ1) is 14.9. The number of carbonyl (C=O) groups is 2. The van der Waals surface area contributed by atoms with Gasteiger partial charge in [-0.1, -0.05) is 54.6 Å². The van der Waals surface area contributed by atoms with E-state index in [1.54, 1.807) is 24.3 Å². The van der Waals surface area contributed by atoms with Gasteiger partial charge in [0, 0.05) is 34.6 Å². The standard InChI is InChI=1S/C24H25Cl2NO4/c25-21-12-17(15-6-8-18(9-7-15)31-24(29)30)13-22(26)20(21)14-27-11-10-19(23(27)28)16-4-2-1-3-5-16/h6-9,12-13,16,19H,1-5,10-11,14H2,(H,29,30). The smallest absolute Gasteiger partial charge is 0.449 e. The van der Waals surface area contributed by atoms with Gasteiger partial charge in [0.1, 0.15) is 5.75 Å². The number of ether oxygens (including phenoxy) is 1. The fraction of sp³-hybridized carbons (Fsp3) is 0.417. The largest absolute Gasteiger partial charge is 0.511 e. The molecule has 2 aromatic carbocycles. The van der Waals surface area contributed by atoms with Crippen LogP contribution in [0.15, 0.2) is 36.4 Å². The van der Waals surface area contributed by atoms with Crippen molar-refractivity contribution in [1.29, 1.82) is 0 Å². The number of rotatable bonds is 5. The summed E-state index contributed by atoms with van der Waals surface area (Å²) in [6.07, 6.45) is 5.64. The van der Waals surface area contributed by atoms with E-state index in [0.29, 0.717) is 22.5 Å². The zero-order chi connectivity index (χ0) is 22.0. The van der Waals surface area contributed by atoms with Crippen LogP contribution in [-0.2, 0) is 11.3 Å². The van der Waals surface area contributed by atoms with Crippen LogP contribution >= 0.6 is 23.2 Å². The van der Waals surface area contributed by atoms with Gasteiger partial charge in [0.05, 0.1) is 0 Å². The van der Waals surface area contributed by atoms with E-state index in [4.69, 9.17) is 28.3 Å². The molecule has 4 rings (SSSR count). The van der Waals surface area contributed by atoms with E-state index in [1.165, 1.54) is 19.3 Å². The van der Waals surface area contributed by atoms with Crippen LogP contribution in [0.3, 0.4) is 0 Å². The van der Waals surface area contributed by atoms with Crippen LogP contribution in [0.1, 0.15) is 44.1 Å². The highest BCUT2D eigenvalue weighted by molar-refractivity contribution is 6.36. The Morgan fingerprint density at radius 3 is 2.26 bits per heavy atom. The van der Waals surface area contributed by atoms with Gasteiger partial charge in [-0.15, -0.1) is 0 Å². The summed E-state index contributed by atoms with van der Waals surface area (Å²) in [5.74, 6) is 1.14. The first-order valence-corrected chi connectivity index (χ1v) is 11.5. The van der Waals surface area contributed by atoms with Crippen molar-refractivity contribution in [3.8, 4) is 16.9 Å². The molecular weight excluding hydrogens is 437 g/mol. The Morgan fingerprint density at radius 1 is 1.00 bits per heavy atom. The molecule has 31 heavy (non-hydrogen) atoms. The maximum Gasteiger partial charge on any atom is 0.511 e. The molecule has 164 valence electrons. The normalized spacial score (nSPS) is 19.6. The molecule has 0 radical (unpaired) electrons. The number of carbonyl (C=O) groups excluding carboxylic acids is 1. The Bertz CT molecular complexity index is 947. The van der Waals surface area contributed by atoms with Gasteiger partial charge < -0.3 is 14.7 Å². The Balaban J connectivity index is 1.47. The second-order valence-corrected chi connectivity index (χ2v) is 9.18. The number of carboxylic acid groups (broad SMARTS) is 1. The molecule has 2 aliphatic rings. The van der Waals surface area contributed by atoms with E-state index in [0.717, 1.165) is 42.5 Å². The van der Waals surface area contributed by atoms with Crippen molar-refractivity contribution in [2.45, 2.75) is 45.1 Å². The van der Waals surface area contributed by atoms with Gasteiger partial charge in [0.15, 0.2) is 0 Å². The van der Waals surface area contributed by atoms with E-state index >= 15 is 0 Å². The first-order valence-electron chi connectivity index (χ1n) is 10.7. The van der Waals surface area contributed by atoms with Crippen molar-refractivity contribution >= 4 is 35.3 Å². The Morgan fingerprint density at radius 2 is 1.65 bits per heavy atom. The van der Waals surface area contributed by atoms with Crippen molar-refractivity contribution in [3.63, 3.8) is 0 Å². The lowest BCUT2D eigenvalue weighted by Crippen LogP contribution is -2.30. The molecule has 2 aromatic rings. The average molecular weight is 462 g/mol. The molecule has 2 fully saturated rings. The average Bonchev–Trinajstić information content (AvgIpc) is 3.11. The van der Waals surface area contributed by atoms with Crippen molar-refractivity contribution in [1.82, 2.24) is 4.90 Å².